The number of anilines is 1. The summed E-state index contributed by atoms with van der Waals surface area (Å²) in [4.78, 5) is 27.2. The maximum absolute atomic E-state index is 13.1. The smallest absolute Gasteiger partial charge is 0.254 e. The van der Waals surface area contributed by atoms with Crippen molar-refractivity contribution in [1.82, 2.24) is 10.1 Å². The van der Waals surface area contributed by atoms with Gasteiger partial charge in [0.05, 0.1) is 0 Å². The fraction of sp³-hybridized carbons (Fsp3) is 0.450. The fourth-order valence-electron chi connectivity index (χ4n) is 3.52. The molecular formula is C20H25N3O3. The molecule has 2 amide bonds. The van der Waals surface area contributed by atoms with E-state index in [1.165, 1.54) is 25.5 Å². The van der Waals surface area contributed by atoms with Gasteiger partial charge in [-0.1, -0.05) is 42.6 Å². The molecule has 1 saturated carbocycles. The molecule has 1 aromatic heterocycles. The predicted octanol–water partition coefficient (Wildman–Crippen LogP) is 3.64. The average Bonchev–Trinajstić information content (AvgIpc) is 3.15. The summed E-state index contributed by atoms with van der Waals surface area (Å²) in [5, 5.41) is 6.36. The van der Waals surface area contributed by atoms with E-state index in [1.54, 1.807) is 11.0 Å². The third-order valence-corrected chi connectivity index (χ3v) is 4.91. The molecule has 0 atom stereocenters. The number of carbonyl (C=O) groups is 2. The van der Waals surface area contributed by atoms with Crippen molar-refractivity contribution in [3.05, 3.63) is 47.7 Å². The topological polar surface area (TPSA) is 75.4 Å². The molecule has 6 heteroatoms. The molecule has 1 heterocycles. The molecule has 3 rings (SSSR count). The van der Waals surface area contributed by atoms with Gasteiger partial charge in [-0.15, -0.1) is 0 Å². The van der Waals surface area contributed by atoms with Crippen molar-refractivity contribution in [2.45, 2.75) is 39.0 Å². The minimum Gasteiger partial charge on any atom is -0.363 e. The second-order valence-electron chi connectivity index (χ2n) is 6.94. The number of benzene rings is 1. The van der Waals surface area contributed by atoms with Crippen LogP contribution in [0.15, 0.2) is 41.1 Å². The van der Waals surface area contributed by atoms with Gasteiger partial charge in [-0.3, -0.25) is 9.59 Å². The first-order valence-corrected chi connectivity index (χ1v) is 9.18. The molecule has 0 unspecified atom stereocenters. The maximum atomic E-state index is 13.1. The van der Waals surface area contributed by atoms with E-state index in [4.69, 9.17) is 4.52 Å². The van der Waals surface area contributed by atoms with Gasteiger partial charge in [0.2, 0.25) is 5.91 Å². The Hall–Kier alpha value is -2.63. The molecule has 138 valence electrons. The summed E-state index contributed by atoms with van der Waals surface area (Å²) < 4.78 is 4.73. The van der Waals surface area contributed by atoms with Crippen LogP contribution in [0, 0.1) is 12.8 Å². The van der Waals surface area contributed by atoms with Crippen molar-refractivity contribution < 1.29 is 14.1 Å². The molecule has 0 aliphatic heterocycles. The van der Waals surface area contributed by atoms with Crippen molar-refractivity contribution in [3.63, 3.8) is 0 Å². The first kappa shape index (κ1) is 18.2. The Morgan fingerprint density at radius 2 is 1.96 bits per heavy atom. The molecule has 26 heavy (non-hydrogen) atoms. The zero-order chi connectivity index (χ0) is 18.4. The highest BCUT2D eigenvalue weighted by Crippen LogP contribution is 2.25. The number of aryl methyl sites for hydroxylation is 1. The Morgan fingerprint density at radius 3 is 2.65 bits per heavy atom. The number of nitrogens with zero attached hydrogens (tertiary/aromatic N) is 2. The fourth-order valence-corrected chi connectivity index (χ4v) is 3.52. The number of hydrogen-bond acceptors (Lipinski definition) is 4. The van der Waals surface area contributed by atoms with E-state index >= 15 is 0 Å². The summed E-state index contributed by atoms with van der Waals surface area (Å²) in [5.41, 5.74) is 1.57. The standard InChI is InChI=1S/C20H25N3O3/c1-15-7-5-6-10-17(15)20(25)23(13-16-8-3-2-4-9-16)14-19(24)21-18-11-12-26-22-18/h5-7,10-12,16H,2-4,8-9,13-14H2,1H3,(H,21,22,24). The van der Waals surface area contributed by atoms with Crippen molar-refractivity contribution in [2.24, 2.45) is 5.92 Å². The van der Waals surface area contributed by atoms with E-state index in [2.05, 4.69) is 10.5 Å². The van der Waals surface area contributed by atoms with E-state index < -0.39 is 0 Å². The van der Waals surface area contributed by atoms with Crippen molar-refractivity contribution in [2.75, 3.05) is 18.4 Å². The van der Waals surface area contributed by atoms with E-state index in [-0.39, 0.29) is 18.4 Å². The Morgan fingerprint density at radius 1 is 1.19 bits per heavy atom. The summed E-state index contributed by atoms with van der Waals surface area (Å²) >= 11 is 0. The second-order valence-corrected chi connectivity index (χ2v) is 6.94. The van der Waals surface area contributed by atoms with Crippen molar-refractivity contribution in [3.8, 4) is 0 Å². The zero-order valence-electron chi connectivity index (χ0n) is 15.1. The molecule has 0 radical (unpaired) electrons. The number of hydrogen-bond donors (Lipinski definition) is 1. The lowest BCUT2D eigenvalue weighted by molar-refractivity contribution is -0.117. The molecule has 1 aliphatic rings. The Bertz CT molecular complexity index is 737. The van der Waals surface area contributed by atoms with Crippen LogP contribution >= 0.6 is 0 Å². The minimum atomic E-state index is -0.267. The summed E-state index contributed by atoms with van der Waals surface area (Å²) in [7, 11) is 0. The van der Waals surface area contributed by atoms with Crippen LogP contribution < -0.4 is 5.32 Å². The van der Waals surface area contributed by atoms with Crippen LogP contribution in [-0.2, 0) is 4.79 Å². The van der Waals surface area contributed by atoms with E-state index in [1.807, 2.05) is 31.2 Å². The monoisotopic (exact) mass is 355 g/mol. The number of amides is 2. The van der Waals surface area contributed by atoms with Gasteiger partial charge < -0.3 is 14.7 Å². The number of nitrogens with one attached hydrogen (secondary N) is 1. The lowest BCUT2D eigenvalue weighted by Crippen LogP contribution is -2.41. The van der Waals surface area contributed by atoms with Crippen LogP contribution in [0.3, 0.4) is 0 Å². The van der Waals surface area contributed by atoms with Crippen molar-refractivity contribution >= 4 is 17.6 Å². The third-order valence-electron chi connectivity index (χ3n) is 4.91. The lowest BCUT2D eigenvalue weighted by Gasteiger charge is -2.29. The maximum Gasteiger partial charge on any atom is 0.254 e. The van der Waals surface area contributed by atoms with Gasteiger partial charge in [-0.25, -0.2) is 0 Å². The molecule has 1 fully saturated rings. The predicted molar refractivity (Wildman–Crippen MR) is 98.8 cm³/mol. The van der Waals surface area contributed by atoms with E-state index in [9.17, 15) is 9.59 Å². The summed E-state index contributed by atoms with van der Waals surface area (Å²) in [5.74, 6) is 0.452. The first-order chi connectivity index (χ1) is 12.6. The number of aromatic nitrogens is 1. The SMILES string of the molecule is Cc1ccccc1C(=O)N(CC(=O)Nc1ccon1)CC1CCCCC1. The highest BCUT2D eigenvalue weighted by molar-refractivity contribution is 5.99. The Balaban J connectivity index is 1.73. The van der Waals surface area contributed by atoms with E-state index in [0.717, 1.165) is 18.4 Å². The summed E-state index contributed by atoms with van der Waals surface area (Å²) in [6.07, 6.45) is 7.28. The van der Waals surface area contributed by atoms with Crippen molar-refractivity contribution in [1.29, 1.82) is 0 Å². The third kappa shape index (κ3) is 4.71. The lowest BCUT2D eigenvalue weighted by atomic mass is 9.88. The molecule has 6 nitrogen and oxygen atoms in total. The van der Waals surface area contributed by atoms with Gasteiger partial charge in [0.15, 0.2) is 5.82 Å². The highest BCUT2D eigenvalue weighted by Gasteiger charge is 2.25. The van der Waals surface area contributed by atoms with Crippen LogP contribution in [0.4, 0.5) is 5.82 Å². The summed E-state index contributed by atoms with van der Waals surface area (Å²) in [6.45, 7) is 2.54. The van der Waals surface area contributed by atoms with Gasteiger partial charge >= 0.3 is 0 Å². The van der Waals surface area contributed by atoms with Gasteiger partial charge in [-0.05, 0) is 37.3 Å². The van der Waals surface area contributed by atoms with Gasteiger partial charge in [-0.2, -0.15) is 0 Å². The van der Waals surface area contributed by atoms with E-state index in [0.29, 0.717) is 23.8 Å². The quantitative estimate of drug-likeness (QED) is 0.858. The number of rotatable bonds is 6. The van der Waals surface area contributed by atoms with Crippen LogP contribution in [0.2, 0.25) is 0 Å². The van der Waals surface area contributed by atoms with Crippen LogP contribution in [0.1, 0.15) is 48.0 Å². The molecular weight excluding hydrogens is 330 g/mol. The molecule has 1 aromatic carbocycles. The zero-order valence-corrected chi connectivity index (χ0v) is 15.1. The second kappa shape index (κ2) is 8.65. The summed E-state index contributed by atoms with van der Waals surface area (Å²) in [6, 6.07) is 9.08. The van der Waals surface area contributed by atoms with Gasteiger partial charge in [0, 0.05) is 18.2 Å². The minimum absolute atomic E-state index is 0.0104. The van der Waals surface area contributed by atoms with Crippen LogP contribution in [0.25, 0.3) is 0 Å². The van der Waals surface area contributed by atoms with Gasteiger partial charge in [0.1, 0.15) is 12.8 Å². The first-order valence-electron chi connectivity index (χ1n) is 9.18. The Kier molecular flexibility index (Phi) is 6.04. The molecule has 0 spiro atoms. The highest BCUT2D eigenvalue weighted by atomic mass is 16.5. The largest absolute Gasteiger partial charge is 0.363 e. The normalized spacial score (nSPS) is 14.8. The van der Waals surface area contributed by atoms with Gasteiger partial charge in [0.25, 0.3) is 5.91 Å². The van der Waals surface area contributed by atoms with Crippen LogP contribution in [0.5, 0.6) is 0 Å². The molecule has 1 N–H and O–H groups in total. The average molecular weight is 355 g/mol. The number of carbonyl (C=O) groups excluding carboxylic acids is 2. The molecule has 0 saturated heterocycles. The molecule has 2 aromatic rings. The molecule has 0 bridgehead atoms. The Labute approximate surface area is 153 Å². The molecule has 1 aliphatic carbocycles. The van der Waals surface area contributed by atoms with Crippen LogP contribution in [-0.4, -0.2) is 35.0 Å².